The quantitative estimate of drug-likeness (QED) is 0.875. The molecule has 1 N–H and O–H groups in total. The van der Waals surface area contributed by atoms with Gasteiger partial charge in [0.15, 0.2) is 0 Å². The lowest BCUT2D eigenvalue weighted by atomic mass is 10.2. The number of nitrogens with one attached hydrogen (secondary N) is 1. The van der Waals surface area contributed by atoms with E-state index in [4.69, 9.17) is 11.6 Å². The Labute approximate surface area is 125 Å². The molecule has 0 atom stereocenters. The Morgan fingerprint density at radius 3 is 2.76 bits per heavy atom. The van der Waals surface area contributed by atoms with Gasteiger partial charge in [-0.1, -0.05) is 18.5 Å². The van der Waals surface area contributed by atoms with Crippen molar-refractivity contribution in [3.05, 3.63) is 47.0 Å². The zero-order chi connectivity index (χ0) is 15.5. The van der Waals surface area contributed by atoms with Crippen molar-refractivity contribution in [3.8, 4) is 0 Å². The van der Waals surface area contributed by atoms with E-state index < -0.39 is 11.7 Å². The lowest BCUT2D eigenvalue weighted by Gasteiger charge is -2.13. The van der Waals surface area contributed by atoms with Crippen LogP contribution in [0.15, 0.2) is 30.7 Å². The van der Waals surface area contributed by atoms with Crippen LogP contribution in [-0.2, 0) is 19.3 Å². The average Bonchev–Trinajstić information content (AvgIpc) is 2.84. The fraction of sp³-hybridized carbons (Fsp3) is 0.357. The summed E-state index contributed by atoms with van der Waals surface area (Å²) in [6.45, 7) is 3.22. The third-order valence-corrected chi connectivity index (χ3v) is 3.35. The predicted octanol–water partition coefficient (Wildman–Crippen LogP) is 4.58. The van der Waals surface area contributed by atoms with Crippen LogP contribution in [-0.4, -0.2) is 9.55 Å². The first kappa shape index (κ1) is 15.7. The third-order valence-electron chi connectivity index (χ3n) is 3.02. The van der Waals surface area contributed by atoms with Gasteiger partial charge in [0.05, 0.1) is 34.8 Å². The molecule has 0 fully saturated rings. The molecular weight excluding hydrogens is 303 g/mol. The molecule has 0 aliphatic carbocycles. The predicted molar refractivity (Wildman–Crippen MR) is 76.3 cm³/mol. The van der Waals surface area contributed by atoms with E-state index in [2.05, 4.69) is 10.3 Å². The van der Waals surface area contributed by atoms with Gasteiger partial charge < -0.3 is 9.88 Å². The molecule has 0 saturated carbocycles. The van der Waals surface area contributed by atoms with Gasteiger partial charge in [0.1, 0.15) is 0 Å². The van der Waals surface area contributed by atoms with Crippen molar-refractivity contribution in [2.45, 2.75) is 32.6 Å². The van der Waals surface area contributed by atoms with Crippen molar-refractivity contribution in [3.63, 3.8) is 0 Å². The molecular formula is C14H15ClF3N3. The molecule has 0 amide bonds. The van der Waals surface area contributed by atoms with Crippen molar-refractivity contribution in [2.24, 2.45) is 0 Å². The maximum absolute atomic E-state index is 12.7. The highest BCUT2D eigenvalue weighted by molar-refractivity contribution is 6.33. The van der Waals surface area contributed by atoms with Crippen LogP contribution in [0.4, 0.5) is 18.9 Å². The van der Waals surface area contributed by atoms with Crippen LogP contribution < -0.4 is 5.32 Å². The largest absolute Gasteiger partial charge is 0.416 e. The summed E-state index contributed by atoms with van der Waals surface area (Å²) < 4.78 is 40.0. The minimum atomic E-state index is -4.38. The number of nitrogens with zero attached hydrogens (tertiary/aromatic N) is 2. The molecule has 0 aliphatic heterocycles. The normalized spacial score (nSPS) is 11.7. The number of aromatic nitrogens is 2. The number of hydrogen-bond acceptors (Lipinski definition) is 2. The number of aryl methyl sites for hydroxylation is 1. The zero-order valence-corrected chi connectivity index (χ0v) is 12.2. The summed E-state index contributed by atoms with van der Waals surface area (Å²) in [6, 6.07) is 3.23. The Morgan fingerprint density at radius 2 is 2.10 bits per heavy atom. The Kier molecular flexibility index (Phi) is 4.77. The molecule has 2 aromatic rings. The highest BCUT2D eigenvalue weighted by Crippen LogP contribution is 2.33. The first-order valence-electron chi connectivity index (χ1n) is 6.51. The second-order valence-corrected chi connectivity index (χ2v) is 5.03. The number of hydrogen-bond donors (Lipinski definition) is 1. The monoisotopic (exact) mass is 317 g/mol. The molecule has 0 spiro atoms. The first-order chi connectivity index (χ1) is 9.91. The van der Waals surface area contributed by atoms with Gasteiger partial charge in [0, 0.05) is 12.7 Å². The number of alkyl halides is 3. The van der Waals surface area contributed by atoms with Crippen LogP contribution in [0.3, 0.4) is 0 Å². The standard InChI is InChI=1S/C14H15ClF3N3/c1-2-5-21-9-19-7-11(21)8-20-13-6-10(14(16,17)18)3-4-12(13)15/h3-4,6-7,9,20H,2,5,8H2,1H3. The van der Waals surface area contributed by atoms with Crippen LogP contribution in [0.25, 0.3) is 0 Å². The molecule has 1 aromatic heterocycles. The van der Waals surface area contributed by atoms with E-state index in [0.29, 0.717) is 6.54 Å². The average molecular weight is 318 g/mol. The van der Waals surface area contributed by atoms with Gasteiger partial charge in [-0.25, -0.2) is 4.98 Å². The van der Waals surface area contributed by atoms with E-state index in [-0.39, 0.29) is 10.7 Å². The molecule has 1 aromatic carbocycles. The van der Waals surface area contributed by atoms with Gasteiger partial charge in [0.25, 0.3) is 0 Å². The smallest absolute Gasteiger partial charge is 0.378 e. The highest BCUT2D eigenvalue weighted by atomic mass is 35.5. The van der Waals surface area contributed by atoms with Gasteiger partial charge >= 0.3 is 6.18 Å². The van der Waals surface area contributed by atoms with E-state index in [1.807, 2.05) is 11.5 Å². The lowest BCUT2D eigenvalue weighted by molar-refractivity contribution is -0.137. The topological polar surface area (TPSA) is 29.9 Å². The zero-order valence-electron chi connectivity index (χ0n) is 11.4. The summed E-state index contributed by atoms with van der Waals surface area (Å²) in [5, 5.41) is 3.19. The molecule has 21 heavy (non-hydrogen) atoms. The van der Waals surface area contributed by atoms with Crippen molar-refractivity contribution in [1.82, 2.24) is 9.55 Å². The van der Waals surface area contributed by atoms with Crippen LogP contribution in [0.2, 0.25) is 5.02 Å². The number of benzene rings is 1. The van der Waals surface area contributed by atoms with Crippen molar-refractivity contribution >= 4 is 17.3 Å². The molecule has 7 heteroatoms. The second kappa shape index (κ2) is 6.39. The minimum absolute atomic E-state index is 0.254. The summed E-state index contributed by atoms with van der Waals surface area (Å²) in [5.41, 5.74) is 0.428. The molecule has 1 heterocycles. The molecule has 0 bridgehead atoms. The molecule has 0 saturated heterocycles. The highest BCUT2D eigenvalue weighted by Gasteiger charge is 2.30. The summed E-state index contributed by atoms with van der Waals surface area (Å²) >= 11 is 5.94. The van der Waals surface area contributed by atoms with E-state index >= 15 is 0 Å². The van der Waals surface area contributed by atoms with E-state index in [1.54, 1.807) is 12.5 Å². The summed E-state index contributed by atoms with van der Waals surface area (Å²) in [4.78, 5) is 4.04. The molecule has 2 rings (SSSR count). The van der Waals surface area contributed by atoms with Crippen LogP contribution in [0.1, 0.15) is 24.6 Å². The number of imidazole rings is 1. The van der Waals surface area contributed by atoms with Crippen molar-refractivity contribution in [1.29, 1.82) is 0 Å². The summed E-state index contributed by atoms with van der Waals surface area (Å²) in [5.74, 6) is 0. The van der Waals surface area contributed by atoms with Crippen LogP contribution in [0.5, 0.6) is 0 Å². The van der Waals surface area contributed by atoms with E-state index in [1.165, 1.54) is 6.07 Å². The number of rotatable bonds is 5. The van der Waals surface area contributed by atoms with Crippen LogP contribution in [0, 0.1) is 0 Å². The van der Waals surface area contributed by atoms with E-state index in [0.717, 1.165) is 30.8 Å². The first-order valence-corrected chi connectivity index (χ1v) is 6.89. The summed E-state index contributed by atoms with van der Waals surface area (Å²) in [6.07, 6.45) is -0.0445. The minimum Gasteiger partial charge on any atom is -0.378 e. The fourth-order valence-electron chi connectivity index (χ4n) is 1.96. The summed E-state index contributed by atoms with van der Waals surface area (Å²) in [7, 11) is 0. The Morgan fingerprint density at radius 1 is 1.33 bits per heavy atom. The van der Waals surface area contributed by atoms with Gasteiger partial charge in [-0.05, 0) is 24.6 Å². The Hall–Kier alpha value is -1.69. The second-order valence-electron chi connectivity index (χ2n) is 4.62. The Balaban J connectivity index is 2.14. The maximum atomic E-state index is 12.7. The number of halogens is 4. The molecule has 0 unspecified atom stereocenters. The molecule has 0 radical (unpaired) electrons. The third kappa shape index (κ3) is 3.91. The molecule has 114 valence electrons. The van der Waals surface area contributed by atoms with Crippen molar-refractivity contribution in [2.75, 3.05) is 5.32 Å². The van der Waals surface area contributed by atoms with Crippen molar-refractivity contribution < 1.29 is 13.2 Å². The SMILES string of the molecule is CCCn1cncc1CNc1cc(C(F)(F)F)ccc1Cl. The fourth-order valence-corrected chi connectivity index (χ4v) is 2.14. The van der Waals surface area contributed by atoms with Crippen LogP contribution >= 0.6 is 11.6 Å². The van der Waals surface area contributed by atoms with Gasteiger partial charge in [0.2, 0.25) is 0 Å². The molecule has 0 aliphatic rings. The lowest BCUT2D eigenvalue weighted by Crippen LogP contribution is -2.09. The van der Waals surface area contributed by atoms with E-state index in [9.17, 15) is 13.2 Å². The van der Waals surface area contributed by atoms with Gasteiger partial charge in [-0.15, -0.1) is 0 Å². The van der Waals surface area contributed by atoms with Gasteiger partial charge in [-0.2, -0.15) is 13.2 Å². The number of anilines is 1. The molecule has 3 nitrogen and oxygen atoms in total. The maximum Gasteiger partial charge on any atom is 0.416 e. The van der Waals surface area contributed by atoms with Gasteiger partial charge in [-0.3, -0.25) is 0 Å². The Bertz CT molecular complexity index is 608.